The maximum Gasteiger partial charge on any atom is 0.495 e. The zero-order chi connectivity index (χ0) is 16.6. The number of hydrogen-bond donors (Lipinski definition) is 4. The standard InChI is InChI=1S/2C4H9N.CH2F2O6S2/c2*1-2-4-5-3-1;2-1(3,10(4,5)6)11(7,8)9/h2*5H,1-4H2;(H,4,5,6)(H,7,8,9). The van der Waals surface area contributed by atoms with Gasteiger partial charge in [0, 0.05) is 0 Å². The van der Waals surface area contributed by atoms with Crippen molar-refractivity contribution in [2.75, 3.05) is 26.2 Å². The normalized spacial score (nSPS) is 19.2. The van der Waals surface area contributed by atoms with Gasteiger partial charge in [0.15, 0.2) is 0 Å². The van der Waals surface area contributed by atoms with Crippen LogP contribution in [-0.4, -0.2) is 56.7 Å². The third kappa shape index (κ3) is 7.97. The smallest absolute Gasteiger partial charge is 0.317 e. The molecule has 0 aromatic carbocycles. The summed E-state index contributed by atoms with van der Waals surface area (Å²) in [4.78, 5) is 0. The Kier molecular flexibility index (Phi) is 8.73. The number of nitrogens with one attached hydrogen (secondary N) is 2. The molecule has 2 heterocycles. The van der Waals surface area contributed by atoms with Gasteiger partial charge in [-0.3, -0.25) is 9.11 Å². The summed E-state index contributed by atoms with van der Waals surface area (Å²) >= 11 is 0. The Balaban J connectivity index is 0.000000325. The van der Waals surface area contributed by atoms with Crippen LogP contribution in [0.1, 0.15) is 25.7 Å². The first kappa shape index (κ1) is 20.6. The first-order chi connectivity index (χ1) is 9.50. The molecule has 0 bridgehead atoms. The van der Waals surface area contributed by atoms with Crippen LogP contribution in [-0.2, 0) is 20.2 Å². The quantitative estimate of drug-likeness (QED) is 0.511. The van der Waals surface area contributed by atoms with Crippen molar-refractivity contribution >= 4 is 20.2 Å². The second-order valence-corrected chi connectivity index (χ2v) is 7.51. The molecule has 0 saturated carbocycles. The minimum absolute atomic E-state index is 1.25. The summed E-state index contributed by atoms with van der Waals surface area (Å²) in [5, 5.41) is 6.44. The van der Waals surface area contributed by atoms with E-state index in [9.17, 15) is 25.6 Å². The number of hydrogen-bond acceptors (Lipinski definition) is 6. The summed E-state index contributed by atoms with van der Waals surface area (Å²) in [6, 6.07) is 0. The lowest BCUT2D eigenvalue weighted by molar-refractivity contribution is 0.153. The number of halogens is 2. The topological polar surface area (TPSA) is 133 Å². The van der Waals surface area contributed by atoms with E-state index < -0.39 is 24.8 Å². The lowest BCUT2D eigenvalue weighted by Crippen LogP contribution is -2.36. The van der Waals surface area contributed by atoms with Gasteiger partial charge >= 0.3 is 24.8 Å². The van der Waals surface area contributed by atoms with Crippen LogP contribution in [0.3, 0.4) is 0 Å². The van der Waals surface area contributed by atoms with Crippen LogP contribution in [0.15, 0.2) is 0 Å². The van der Waals surface area contributed by atoms with Crippen molar-refractivity contribution in [3.05, 3.63) is 0 Å². The average Bonchev–Trinajstić information content (AvgIpc) is 3.06. The lowest BCUT2D eigenvalue weighted by Gasteiger charge is -2.07. The minimum atomic E-state index is -6.13. The third-order valence-electron chi connectivity index (χ3n) is 2.51. The fourth-order valence-electron chi connectivity index (χ4n) is 1.38. The van der Waals surface area contributed by atoms with Gasteiger partial charge in [0.2, 0.25) is 0 Å². The lowest BCUT2D eigenvalue weighted by atomic mass is 10.4. The van der Waals surface area contributed by atoms with E-state index >= 15 is 0 Å². The van der Waals surface area contributed by atoms with E-state index in [1.807, 2.05) is 0 Å². The molecule has 0 aliphatic carbocycles. The molecule has 21 heavy (non-hydrogen) atoms. The number of alkyl halides is 2. The van der Waals surface area contributed by atoms with Gasteiger partial charge in [0.25, 0.3) is 0 Å². The molecular formula is C9H20F2N2O6S2. The van der Waals surface area contributed by atoms with E-state index in [-0.39, 0.29) is 0 Å². The summed E-state index contributed by atoms with van der Waals surface area (Å²) in [7, 11) is -12.3. The van der Waals surface area contributed by atoms with E-state index in [2.05, 4.69) is 10.6 Å². The predicted molar refractivity (Wildman–Crippen MR) is 72.3 cm³/mol. The van der Waals surface area contributed by atoms with Crippen LogP contribution >= 0.6 is 0 Å². The molecule has 0 unspecified atom stereocenters. The van der Waals surface area contributed by atoms with Crippen molar-refractivity contribution in [2.45, 2.75) is 30.3 Å². The molecule has 2 fully saturated rings. The molecule has 0 radical (unpaired) electrons. The van der Waals surface area contributed by atoms with Crippen molar-refractivity contribution in [1.29, 1.82) is 0 Å². The van der Waals surface area contributed by atoms with Gasteiger partial charge in [0.1, 0.15) is 0 Å². The predicted octanol–water partition coefficient (Wildman–Crippen LogP) is 0.0519. The van der Waals surface area contributed by atoms with Crippen molar-refractivity contribution in [1.82, 2.24) is 10.6 Å². The molecule has 2 aliphatic heterocycles. The zero-order valence-electron chi connectivity index (χ0n) is 11.3. The highest BCUT2D eigenvalue weighted by Crippen LogP contribution is 2.25. The summed E-state index contributed by atoms with van der Waals surface area (Å²) in [6.07, 6.45) is 5.56. The highest BCUT2D eigenvalue weighted by molar-refractivity contribution is 8.04. The molecule has 128 valence electrons. The second-order valence-electron chi connectivity index (χ2n) is 4.33. The van der Waals surface area contributed by atoms with E-state index in [4.69, 9.17) is 9.11 Å². The minimum Gasteiger partial charge on any atom is -0.317 e. The zero-order valence-corrected chi connectivity index (χ0v) is 12.9. The molecule has 0 spiro atoms. The van der Waals surface area contributed by atoms with Gasteiger partial charge in [-0.25, -0.2) is 0 Å². The Labute approximate surface area is 122 Å². The van der Waals surface area contributed by atoms with Crippen LogP contribution in [0.2, 0.25) is 0 Å². The average molecular weight is 354 g/mol. The Bertz CT molecular complexity index is 427. The molecule has 0 aromatic heterocycles. The van der Waals surface area contributed by atoms with Gasteiger partial charge in [-0.15, -0.1) is 0 Å². The summed E-state index contributed by atoms with van der Waals surface area (Å²) in [5.74, 6) is 0. The van der Waals surface area contributed by atoms with Crippen LogP contribution in [0.5, 0.6) is 0 Å². The van der Waals surface area contributed by atoms with Gasteiger partial charge < -0.3 is 10.6 Å². The largest absolute Gasteiger partial charge is 0.495 e. The molecule has 2 rings (SSSR count). The highest BCUT2D eigenvalue weighted by Gasteiger charge is 2.57. The monoisotopic (exact) mass is 354 g/mol. The fraction of sp³-hybridized carbons (Fsp3) is 1.00. The first-order valence-electron chi connectivity index (χ1n) is 6.23. The molecule has 2 aliphatic rings. The summed E-state index contributed by atoms with van der Waals surface area (Å²) in [5.41, 5.74) is 0. The third-order valence-corrected chi connectivity index (χ3v) is 4.98. The maximum absolute atomic E-state index is 11.8. The molecule has 0 atom stereocenters. The van der Waals surface area contributed by atoms with Crippen LogP contribution in [0.4, 0.5) is 8.78 Å². The van der Waals surface area contributed by atoms with E-state index in [0.717, 1.165) is 0 Å². The van der Waals surface area contributed by atoms with Gasteiger partial charge in [-0.05, 0) is 51.9 Å². The maximum atomic E-state index is 11.8. The van der Waals surface area contributed by atoms with Crippen LogP contribution in [0, 0.1) is 0 Å². The van der Waals surface area contributed by atoms with E-state index in [1.54, 1.807) is 0 Å². The molecule has 2 saturated heterocycles. The molecule has 0 aromatic rings. The van der Waals surface area contributed by atoms with Gasteiger partial charge in [-0.1, -0.05) is 0 Å². The van der Waals surface area contributed by atoms with Gasteiger partial charge in [0.05, 0.1) is 0 Å². The Morgan fingerprint density at radius 3 is 1.00 bits per heavy atom. The molecular weight excluding hydrogens is 334 g/mol. The SMILES string of the molecule is C1CCNC1.C1CCNC1.O=S(=O)(O)C(F)(F)S(=O)(=O)O. The summed E-state index contributed by atoms with van der Waals surface area (Å²) in [6.45, 7) is 5.00. The van der Waals surface area contributed by atoms with Crippen molar-refractivity contribution in [3.63, 3.8) is 0 Å². The van der Waals surface area contributed by atoms with E-state index in [0.29, 0.717) is 0 Å². The number of rotatable bonds is 2. The molecule has 12 heteroatoms. The van der Waals surface area contributed by atoms with Crippen LogP contribution in [0.25, 0.3) is 0 Å². The first-order valence-corrected chi connectivity index (χ1v) is 9.11. The molecule has 8 nitrogen and oxygen atoms in total. The Morgan fingerprint density at radius 2 is 0.952 bits per heavy atom. The fourth-order valence-corrected chi connectivity index (χ4v) is 2.45. The highest BCUT2D eigenvalue weighted by atomic mass is 32.3. The van der Waals surface area contributed by atoms with Crippen molar-refractivity contribution in [2.24, 2.45) is 0 Å². The summed E-state index contributed by atoms with van der Waals surface area (Å²) < 4.78 is 71.3. The Morgan fingerprint density at radius 1 is 0.714 bits per heavy atom. The van der Waals surface area contributed by atoms with Crippen LogP contribution < -0.4 is 10.6 Å². The van der Waals surface area contributed by atoms with Crippen molar-refractivity contribution in [3.8, 4) is 0 Å². The molecule has 4 N–H and O–H groups in total. The second kappa shape index (κ2) is 8.90. The van der Waals surface area contributed by atoms with Gasteiger partial charge in [-0.2, -0.15) is 25.6 Å². The van der Waals surface area contributed by atoms with E-state index in [1.165, 1.54) is 51.9 Å². The Hall–Kier alpha value is -0.400. The van der Waals surface area contributed by atoms with Crippen molar-refractivity contribution < 1.29 is 34.7 Å². The molecule has 0 amide bonds.